The first-order valence-corrected chi connectivity index (χ1v) is 12.6. The Labute approximate surface area is 217 Å². The van der Waals surface area contributed by atoms with Crippen molar-refractivity contribution >= 4 is 34.2 Å². The lowest BCUT2D eigenvalue weighted by Crippen LogP contribution is -2.39. The Morgan fingerprint density at radius 3 is 2.51 bits per heavy atom. The number of nitro benzene ring substituents is 1. The van der Waals surface area contributed by atoms with Gasteiger partial charge in [-0.3, -0.25) is 29.0 Å². The number of aryl methyl sites for hydroxylation is 1. The molecule has 1 N–H and O–H groups in total. The molecule has 1 saturated carbocycles. The Kier molecular flexibility index (Phi) is 6.80. The van der Waals surface area contributed by atoms with Crippen LogP contribution >= 0.6 is 11.6 Å². The summed E-state index contributed by atoms with van der Waals surface area (Å²) >= 11 is 6.01. The maximum atomic E-state index is 13.6. The molecule has 2 heterocycles. The van der Waals surface area contributed by atoms with Crippen LogP contribution in [0, 0.1) is 23.0 Å². The van der Waals surface area contributed by atoms with Gasteiger partial charge in [0.05, 0.1) is 32.2 Å². The van der Waals surface area contributed by atoms with Crippen molar-refractivity contribution in [2.75, 3.05) is 0 Å². The molecule has 0 saturated heterocycles. The molecule has 1 fully saturated rings. The fraction of sp³-hybridized carbons (Fsp3) is 0.296. The van der Waals surface area contributed by atoms with Crippen LogP contribution < -0.4 is 11.0 Å². The highest BCUT2D eigenvalue weighted by Gasteiger charge is 2.27. The standard InChI is InChI=1S/C27H26ClN5O4/c1-17-21(14-19(28)15-29-17)26(34)30-20-12-10-18(11-13-20)16-31-22-6-2-3-7-23(22)32(27(31)35)24-8-4-5-9-25(24)33(36)37/h2-9,14-15,18,20H,10-13,16H2,1H3,(H,30,34)/t18-,20-. The Morgan fingerprint density at radius 2 is 1.78 bits per heavy atom. The first-order chi connectivity index (χ1) is 17.8. The second-order valence-corrected chi connectivity index (χ2v) is 9.88. The summed E-state index contributed by atoms with van der Waals surface area (Å²) < 4.78 is 3.15. The fourth-order valence-corrected chi connectivity index (χ4v) is 5.33. The third kappa shape index (κ3) is 4.86. The lowest BCUT2D eigenvalue weighted by Gasteiger charge is -2.29. The van der Waals surface area contributed by atoms with Crippen molar-refractivity contribution in [2.24, 2.45) is 5.92 Å². The van der Waals surface area contributed by atoms with Crippen LogP contribution in [-0.4, -0.2) is 31.0 Å². The largest absolute Gasteiger partial charge is 0.349 e. The minimum absolute atomic E-state index is 0.0344. The summed E-state index contributed by atoms with van der Waals surface area (Å²) in [6.07, 6.45) is 4.79. The molecule has 9 nitrogen and oxygen atoms in total. The average molecular weight is 520 g/mol. The van der Waals surface area contributed by atoms with Crippen LogP contribution in [0.1, 0.15) is 41.7 Å². The van der Waals surface area contributed by atoms with Crippen molar-refractivity contribution in [3.05, 3.63) is 97.7 Å². The molecule has 2 aromatic carbocycles. The normalized spacial score (nSPS) is 17.6. The monoisotopic (exact) mass is 519 g/mol. The van der Waals surface area contributed by atoms with Crippen LogP contribution in [0.2, 0.25) is 5.02 Å². The molecule has 1 aliphatic carbocycles. The fourth-order valence-electron chi connectivity index (χ4n) is 5.17. The Balaban J connectivity index is 1.34. The number of rotatable bonds is 6. The van der Waals surface area contributed by atoms with E-state index in [-0.39, 0.29) is 34.9 Å². The summed E-state index contributed by atoms with van der Waals surface area (Å²) in [7, 11) is 0. The zero-order valence-corrected chi connectivity index (χ0v) is 21.0. The smallest absolute Gasteiger partial charge is 0.333 e. The minimum atomic E-state index is -0.468. The van der Waals surface area contributed by atoms with E-state index in [2.05, 4.69) is 10.3 Å². The van der Waals surface area contributed by atoms with Gasteiger partial charge in [0.25, 0.3) is 11.6 Å². The molecular formula is C27H26ClN5O4. The summed E-state index contributed by atoms with van der Waals surface area (Å²) in [5.41, 5.74) is 2.32. The predicted octanol–water partition coefficient (Wildman–Crippen LogP) is 5.05. The highest BCUT2D eigenvalue weighted by Crippen LogP contribution is 2.29. The van der Waals surface area contributed by atoms with E-state index in [0.29, 0.717) is 28.3 Å². The molecule has 0 atom stereocenters. The lowest BCUT2D eigenvalue weighted by atomic mass is 9.85. The SMILES string of the molecule is Cc1ncc(Cl)cc1C(=O)N[C@H]1CC[C@H](Cn2c(=O)n(-c3ccccc3[N+](=O)[O-])c3ccccc32)CC1. The molecule has 0 unspecified atom stereocenters. The zero-order valence-electron chi connectivity index (χ0n) is 20.3. The molecule has 1 aliphatic rings. The van der Waals surface area contributed by atoms with Gasteiger partial charge in [-0.1, -0.05) is 35.9 Å². The van der Waals surface area contributed by atoms with E-state index < -0.39 is 4.92 Å². The third-order valence-corrected chi connectivity index (χ3v) is 7.28. The number of nitrogens with zero attached hydrogens (tertiary/aromatic N) is 4. The molecule has 190 valence electrons. The van der Waals surface area contributed by atoms with Gasteiger partial charge >= 0.3 is 5.69 Å². The first kappa shape index (κ1) is 24.7. The van der Waals surface area contributed by atoms with Crippen LogP contribution in [0.5, 0.6) is 0 Å². The highest BCUT2D eigenvalue weighted by atomic mass is 35.5. The number of hydrogen-bond acceptors (Lipinski definition) is 5. The number of carbonyl (C=O) groups excluding carboxylic acids is 1. The molecular weight excluding hydrogens is 494 g/mol. The molecule has 2 aromatic heterocycles. The summed E-state index contributed by atoms with van der Waals surface area (Å²) in [6, 6.07) is 15.3. The van der Waals surface area contributed by atoms with E-state index in [1.165, 1.54) is 16.8 Å². The number of aromatic nitrogens is 3. The quantitative estimate of drug-likeness (QED) is 0.283. The molecule has 4 aromatic rings. The van der Waals surface area contributed by atoms with Crippen molar-refractivity contribution in [2.45, 2.75) is 45.2 Å². The number of nitrogens with one attached hydrogen (secondary N) is 1. The third-order valence-electron chi connectivity index (χ3n) is 7.08. The van der Waals surface area contributed by atoms with Crippen LogP contribution in [-0.2, 0) is 6.54 Å². The maximum Gasteiger partial charge on any atom is 0.333 e. The number of amides is 1. The van der Waals surface area contributed by atoms with Crippen molar-refractivity contribution in [1.29, 1.82) is 0 Å². The molecule has 1 amide bonds. The first-order valence-electron chi connectivity index (χ1n) is 12.2. The zero-order chi connectivity index (χ0) is 26.1. The van der Waals surface area contributed by atoms with E-state index in [1.54, 1.807) is 35.8 Å². The highest BCUT2D eigenvalue weighted by molar-refractivity contribution is 6.30. The van der Waals surface area contributed by atoms with Crippen LogP contribution in [0.4, 0.5) is 5.69 Å². The number of hydrogen-bond donors (Lipinski definition) is 1. The van der Waals surface area contributed by atoms with Gasteiger partial charge in [-0.05, 0) is 62.8 Å². The van der Waals surface area contributed by atoms with Crippen LogP contribution in [0.25, 0.3) is 16.7 Å². The van der Waals surface area contributed by atoms with Crippen molar-refractivity contribution in [3.63, 3.8) is 0 Å². The summed E-state index contributed by atoms with van der Waals surface area (Å²) in [5, 5.41) is 15.2. The van der Waals surface area contributed by atoms with Crippen molar-refractivity contribution < 1.29 is 9.72 Å². The van der Waals surface area contributed by atoms with Gasteiger partial charge in [-0.15, -0.1) is 0 Å². The van der Waals surface area contributed by atoms with Gasteiger partial charge in [-0.25, -0.2) is 4.79 Å². The number of carbonyl (C=O) groups is 1. The van der Waals surface area contributed by atoms with Gasteiger partial charge in [0.15, 0.2) is 0 Å². The number of benzene rings is 2. The van der Waals surface area contributed by atoms with Gasteiger partial charge in [0.1, 0.15) is 5.69 Å². The van der Waals surface area contributed by atoms with Gasteiger partial charge < -0.3 is 5.32 Å². The number of halogens is 1. The molecule has 0 aliphatic heterocycles. The predicted molar refractivity (Wildman–Crippen MR) is 141 cm³/mol. The minimum Gasteiger partial charge on any atom is -0.349 e. The number of pyridine rings is 1. The van der Waals surface area contributed by atoms with Crippen molar-refractivity contribution in [1.82, 2.24) is 19.4 Å². The summed E-state index contributed by atoms with van der Waals surface area (Å²) in [6.45, 7) is 2.28. The summed E-state index contributed by atoms with van der Waals surface area (Å²) in [5.74, 6) is 0.0603. The maximum absolute atomic E-state index is 13.6. The topological polar surface area (TPSA) is 112 Å². The Hall–Kier alpha value is -3.98. The van der Waals surface area contributed by atoms with E-state index in [4.69, 9.17) is 11.6 Å². The molecule has 0 bridgehead atoms. The van der Waals surface area contributed by atoms with E-state index in [1.807, 2.05) is 24.3 Å². The average Bonchev–Trinajstić information content (AvgIpc) is 3.17. The Morgan fingerprint density at radius 1 is 1.11 bits per heavy atom. The van der Waals surface area contributed by atoms with Crippen molar-refractivity contribution in [3.8, 4) is 5.69 Å². The molecule has 0 radical (unpaired) electrons. The number of para-hydroxylation sites is 4. The van der Waals surface area contributed by atoms with Crippen LogP contribution in [0.3, 0.4) is 0 Å². The molecule has 10 heteroatoms. The van der Waals surface area contributed by atoms with Gasteiger partial charge in [0.2, 0.25) is 0 Å². The molecule has 5 rings (SSSR count). The van der Waals surface area contributed by atoms with E-state index >= 15 is 0 Å². The van der Waals surface area contributed by atoms with Gasteiger partial charge in [-0.2, -0.15) is 0 Å². The molecule has 37 heavy (non-hydrogen) atoms. The van der Waals surface area contributed by atoms with Gasteiger partial charge in [0, 0.05) is 24.8 Å². The summed E-state index contributed by atoms with van der Waals surface area (Å²) in [4.78, 5) is 41.7. The lowest BCUT2D eigenvalue weighted by molar-refractivity contribution is -0.384. The second kappa shape index (κ2) is 10.2. The van der Waals surface area contributed by atoms with E-state index in [9.17, 15) is 19.7 Å². The number of fused-ring (bicyclic) bond motifs is 1. The second-order valence-electron chi connectivity index (χ2n) is 9.44. The molecule has 0 spiro atoms. The van der Waals surface area contributed by atoms with Crippen LogP contribution in [0.15, 0.2) is 65.6 Å². The number of nitro groups is 1. The Bertz CT molecular complexity index is 1550. The number of imidazole rings is 1. The van der Waals surface area contributed by atoms with E-state index in [0.717, 1.165) is 31.2 Å².